The molecule has 2 aliphatic carbocycles. The zero-order valence-electron chi connectivity index (χ0n) is 16.6. The predicted molar refractivity (Wildman–Crippen MR) is 116 cm³/mol. The van der Waals surface area contributed by atoms with Crippen molar-refractivity contribution >= 4 is 24.2 Å². The molecule has 0 atom stereocenters. The molecule has 0 aliphatic heterocycles. The summed E-state index contributed by atoms with van der Waals surface area (Å²) in [6.07, 6.45) is 16.4. The van der Waals surface area contributed by atoms with Gasteiger partial charge in [0.25, 0.3) is 0 Å². The molecule has 0 spiro atoms. The van der Waals surface area contributed by atoms with Crippen LogP contribution in [0.1, 0.15) is 89.2 Å². The van der Waals surface area contributed by atoms with Gasteiger partial charge in [0.2, 0.25) is 0 Å². The van der Waals surface area contributed by atoms with E-state index in [4.69, 9.17) is 11.6 Å². The minimum Gasteiger partial charge on any atom is -0.304 e. The topological polar surface area (TPSA) is 0 Å². The molecular weight excluding hydrogens is 449 g/mol. The Labute approximate surface area is 181 Å². The molecule has 2 aliphatic rings. The Balaban J connectivity index is 0.00000243. The molecule has 0 nitrogen and oxygen atoms in total. The Bertz CT molecular complexity index is 507. The first-order chi connectivity index (χ1) is 12.2. The zero-order valence-corrected chi connectivity index (χ0v) is 19.8. The molecule has 0 saturated heterocycles. The van der Waals surface area contributed by atoms with Crippen molar-refractivity contribution in [1.82, 2.24) is 0 Å². The van der Waals surface area contributed by atoms with Crippen LogP contribution in [0.15, 0.2) is 18.2 Å². The average Bonchev–Trinajstić information content (AvgIpc) is 2.70. The average molecular weight is 485 g/mol. The number of aryl methyl sites for hydroxylation is 2. The molecule has 0 radical (unpaired) electrons. The summed E-state index contributed by atoms with van der Waals surface area (Å²) in [6, 6.07) is 7.53. The minimum atomic E-state index is -1.42. The second-order valence-electron chi connectivity index (χ2n) is 8.23. The first-order valence-electron chi connectivity index (χ1n) is 10.7. The van der Waals surface area contributed by atoms with Crippen molar-refractivity contribution < 1.29 is 20.4 Å². The Hall–Kier alpha value is 0.602. The Kier molecular flexibility index (Phi) is 9.65. The zero-order chi connectivity index (χ0) is 17.7. The Morgan fingerprint density at radius 3 is 1.58 bits per heavy atom. The van der Waals surface area contributed by atoms with Crippen molar-refractivity contribution in [2.45, 2.75) is 102 Å². The number of benzene rings is 1. The van der Waals surface area contributed by atoms with Crippen LogP contribution in [0.25, 0.3) is 0 Å². The third kappa shape index (κ3) is 4.77. The molecular formula is C23H36ClPPd. The molecule has 150 valence electrons. The summed E-state index contributed by atoms with van der Waals surface area (Å²) in [7, 11) is -1.42. The molecule has 0 aromatic heterocycles. The van der Waals surface area contributed by atoms with E-state index in [0.29, 0.717) is 0 Å². The van der Waals surface area contributed by atoms with Crippen LogP contribution in [-0.2, 0) is 33.3 Å². The van der Waals surface area contributed by atoms with Gasteiger partial charge in [-0.3, -0.25) is 0 Å². The van der Waals surface area contributed by atoms with Crippen molar-refractivity contribution in [3.8, 4) is 0 Å². The van der Waals surface area contributed by atoms with E-state index in [-0.39, 0.29) is 20.4 Å². The maximum absolute atomic E-state index is 6.84. The fourth-order valence-electron chi connectivity index (χ4n) is 5.33. The predicted octanol–water partition coefficient (Wildman–Crippen LogP) is 7.48. The van der Waals surface area contributed by atoms with E-state index in [9.17, 15) is 0 Å². The van der Waals surface area contributed by atoms with Gasteiger partial charge < -0.3 is 11.6 Å². The number of hydrogen-bond donors (Lipinski definition) is 0. The van der Waals surface area contributed by atoms with Gasteiger partial charge in [0, 0.05) is 31.7 Å². The van der Waals surface area contributed by atoms with Crippen LogP contribution < -0.4 is 5.30 Å². The Morgan fingerprint density at radius 1 is 0.808 bits per heavy atom. The van der Waals surface area contributed by atoms with E-state index in [2.05, 4.69) is 37.7 Å². The molecule has 0 heterocycles. The molecule has 3 heteroatoms. The third-order valence-electron chi connectivity index (χ3n) is 6.82. The van der Waals surface area contributed by atoms with Crippen molar-refractivity contribution in [2.75, 3.05) is 0 Å². The summed E-state index contributed by atoms with van der Waals surface area (Å²) in [5, 5.41) is 1.65. The molecule has 2 saturated carbocycles. The van der Waals surface area contributed by atoms with Crippen molar-refractivity contribution in [3.05, 3.63) is 34.9 Å². The number of halogens is 1. The molecule has 0 bridgehead atoms. The second kappa shape index (κ2) is 11.0. The standard InChI is InChI=1S/C23H36ClP.Pd/c1-3-19-15-20(4-2)17-23(16-19)25(18-24,21-11-7-5-8-12-21)22-13-9-6-10-14-22;/h15-18,21-22H,3-14H2,1-2H3;. The Morgan fingerprint density at radius 2 is 1.23 bits per heavy atom. The fraction of sp³-hybridized carbons (Fsp3) is 0.696. The molecule has 1 aromatic rings. The normalized spacial score (nSPS) is 20.0. The molecule has 3 rings (SSSR count). The van der Waals surface area contributed by atoms with Gasteiger partial charge in [-0.05, 0) is 87.5 Å². The summed E-state index contributed by atoms with van der Waals surface area (Å²) in [4.78, 5) is 0. The van der Waals surface area contributed by atoms with Crippen LogP contribution in [0.3, 0.4) is 0 Å². The summed E-state index contributed by atoms with van der Waals surface area (Å²) in [6.45, 7) is 4.59. The first-order valence-corrected chi connectivity index (χ1v) is 13.1. The monoisotopic (exact) mass is 484 g/mol. The third-order valence-corrected chi connectivity index (χ3v) is 12.7. The summed E-state index contributed by atoms with van der Waals surface area (Å²) in [5.74, 6) is 0. The van der Waals surface area contributed by atoms with E-state index in [1.807, 2.05) is 0 Å². The van der Waals surface area contributed by atoms with E-state index in [1.165, 1.54) is 75.3 Å². The van der Waals surface area contributed by atoms with Gasteiger partial charge in [-0.25, -0.2) is 0 Å². The van der Waals surface area contributed by atoms with E-state index in [1.54, 1.807) is 5.30 Å². The van der Waals surface area contributed by atoms with Crippen LogP contribution in [0.4, 0.5) is 0 Å². The van der Waals surface area contributed by atoms with E-state index >= 15 is 0 Å². The number of hydrogen-bond acceptors (Lipinski definition) is 0. The van der Waals surface area contributed by atoms with E-state index < -0.39 is 7.26 Å². The van der Waals surface area contributed by atoms with Gasteiger partial charge in [0.05, 0.1) is 5.30 Å². The van der Waals surface area contributed by atoms with Crippen molar-refractivity contribution in [1.29, 1.82) is 0 Å². The fourth-order valence-corrected chi connectivity index (χ4v) is 11.7. The quantitative estimate of drug-likeness (QED) is 0.223. The summed E-state index contributed by atoms with van der Waals surface area (Å²) in [5.41, 5.74) is 6.97. The largest absolute Gasteiger partial charge is 0.304 e. The molecule has 0 N–H and O–H groups in total. The van der Waals surface area contributed by atoms with Gasteiger partial charge in [0.1, 0.15) is 0 Å². The maximum Gasteiger partial charge on any atom is 0.0670 e. The SMILES string of the molecule is CCc1cc(CC)cc([P+]([CH-]Cl)(C2CCCCC2)C2CCCCC2)c1.[Pd]. The van der Waals surface area contributed by atoms with Gasteiger partial charge in [-0.2, -0.15) is 0 Å². The summed E-state index contributed by atoms with van der Waals surface area (Å²) < 4.78 is 0. The molecule has 26 heavy (non-hydrogen) atoms. The molecule has 1 aromatic carbocycles. The van der Waals surface area contributed by atoms with Crippen LogP contribution in [0.5, 0.6) is 0 Å². The van der Waals surface area contributed by atoms with Crippen molar-refractivity contribution in [3.63, 3.8) is 0 Å². The van der Waals surface area contributed by atoms with Crippen molar-refractivity contribution in [2.24, 2.45) is 0 Å². The van der Waals surface area contributed by atoms with Gasteiger partial charge >= 0.3 is 0 Å². The smallest absolute Gasteiger partial charge is 0.0670 e. The van der Waals surface area contributed by atoms with Gasteiger partial charge in [0.15, 0.2) is 0 Å². The van der Waals surface area contributed by atoms with Crippen LogP contribution in [-0.4, -0.2) is 11.3 Å². The van der Waals surface area contributed by atoms with Crippen LogP contribution in [0.2, 0.25) is 0 Å². The maximum atomic E-state index is 6.84. The minimum absolute atomic E-state index is 0. The molecule has 0 unspecified atom stereocenters. The molecule has 2 fully saturated rings. The first kappa shape index (κ1) is 22.9. The van der Waals surface area contributed by atoms with Crippen LogP contribution >= 0.6 is 18.9 Å². The second-order valence-corrected chi connectivity index (χ2v) is 12.7. The van der Waals surface area contributed by atoms with Gasteiger partial charge in [-0.15, -0.1) is 0 Å². The van der Waals surface area contributed by atoms with E-state index in [0.717, 1.165) is 24.2 Å². The van der Waals surface area contributed by atoms with Crippen LogP contribution in [0, 0.1) is 5.62 Å². The molecule has 0 amide bonds. The number of rotatable bonds is 6. The van der Waals surface area contributed by atoms with Gasteiger partial charge in [-0.1, -0.05) is 45.6 Å². The summed E-state index contributed by atoms with van der Waals surface area (Å²) >= 11 is 6.84.